The van der Waals surface area contributed by atoms with Crippen molar-refractivity contribution < 1.29 is 9.18 Å². The van der Waals surface area contributed by atoms with Crippen molar-refractivity contribution in [2.75, 3.05) is 19.6 Å². The fourth-order valence-corrected chi connectivity index (χ4v) is 2.54. The van der Waals surface area contributed by atoms with Crippen LogP contribution in [0.4, 0.5) is 4.39 Å². The molecule has 1 aliphatic heterocycles. The van der Waals surface area contributed by atoms with Gasteiger partial charge in [0.15, 0.2) is 0 Å². The van der Waals surface area contributed by atoms with Crippen LogP contribution >= 0.6 is 0 Å². The molecule has 0 unspecified atom stereocenters. The number of halogens is 1. The largest absolute Gasteiger partial charge is 0.356 e. The van der Waals surface area contributed by atoms with Gasteiger partial charge in [0.2, 0.25) is 5.91 Å². The Labute approximate surface area is 113 Å². The van der Waals surface area contributed by atoms with Gasteiger partial charge in [-0.2, -0.15) is 0 Å². The van der Waals surface area contributed by atoms with Crippen molar-refractivity contribution in [1.82, 2.24) is 10.2 Å². The SMILES string of the molecule is CCNC(=O)C1CCN(Cc2ccccc2F)CC1. The topological polar surface area (TPSA) is 32.3 Å². The molecule has 19 heavy (non-hydrogen) atoms. The van der Waals surface area contributed by atoms with Gasteiger partial charge >= 0.3 is 0 Å². The van der Waals surface area contributed by atoms with Crippen LogP contribution in [-0.4, -0.2) is 30.4 Å². The predicted octanol–water partition coefficient (Wildman–Crippen LogP) is 2.17. The number of hydrogen-bond acceptors (Lipinski definition) is 2. The first kappa shape index (κ1) is 14.0. The van der Waals surface area contributed by atoms with Crippen LogP contribution in [0.3, 0.4) is 0 Å². The molecule has 1 aromatic rings. The lowest BCUT2D eigenvalue weighted by Crippen LogP contribution is -2.40. The van der Waals surface area contributed by atoms with E-state index < -0.39 is 0 Å². The molecule has 1 aliphatic rings. The number of nitrogens with zero attached hydrogens (tertiary/aromatic N) is 1. The number of carbonyl (C=O) groups is 1. The van der Waals surface area contributed by atoms with Gasteiger partial charge < -0.3 is 5.32 Å². The van der Waals surface area contributed by atoms with Gasteiger partial charge in [-0.15, -0.1) is 0 Å². The molecular formula is C15H21FN2O. The van der Waals surface area contributed by atoms with Gasteiger partial charge in [-0.25, -0.2) is 4.39 Å². The number of amides is 1. The Bertz CT molecular complexity index is 428. The van der Waals surface area contributed by atoms with Crippen LogP contribution in [0.5, 0.6) is 0 Å². The molecule has 4 heteroatoms. The van der Waals surface area contributed by atoms with Gasteiger partial charge in [-0.3, -0.25) is 9.69 Å². The van der Waals surface area contributed by atoms with Crippen molar-refractivity contribution in [1.29, 1.82) is 0 Å². The number of rotatable bonds is 4. The van der Waals surface area contributed by atoms with Crippen LogP contribution in [0.25, 0.3) is 0 Å². The van der Waals surface area contributed by atoms with Gasteiger partial charge in [0, 0.05) is 24.6 Å². The molecule has 0 bridgehead atoms. The molecule has 0 atom stereocenters. The Morgan fingerprint density at radius 2 is 2.05 bits per heavy atom. The number of benzene rings is 1. The second-order valence-electron chi connectivity index (χ2n) is 5.04. The first-order valence-electron chi connectivity index (χ1n) is 6.94. The molecule has 0 radical (unpaired) electrons. The van der Waals surface area contributed by atoms with Crippen molar-refractivity contribution in [3.8, 4) is 0 Å². The monoisotopic (exact) mass is 264 g/mol. The Morgan fingerprint density at radius 3 is 2.68 bits per heavy atom. The maximum absolute atomic E-state index is 13.6. The molecule has 1 saturated heterocycles. The van der Waals surface area contributed by atoms with E-state index in [9.17, 15) is 9.18 Å². The predicted molar refractivity (Wildman–Crippen MR) is 73.1 cm³/mol. The second kappa shape index (κ2) is 6.66. The van der Waals surface area contributed by atoms with Gasteiger partial charge in [0.05, 0.1) is 0 Å². The van der Waals surface area contributed by atoms with Crippen molar-refractivity contribution in [2.45, 2.75) is 26.3 Å². The molecule has 104 valence electrons. The number of hydrogen-bond donors (Lipinski definition) is 1. The minimum atomic E-state index is -0.145. The molecule has 2 rings (SSSR count). The summed E-state index contributed by atoms with van der Waals surface area (Å²) in [5.74, 6) is 0.137. The lowest BCUT2D eigenvalue weighted by atomic mass is 9.95. The highest BCUT2D eigenvalue weighted by Gasteiger charge is 2.24. The summed E-state index contributed by atoms with van der Waals surface area (Å²) in [4.78, 5) is 13.9. The highest BCUT2D eigenvalue weighted by molar-refractivity contribution is 5.78. The molecule has 0 spiro atoms. The highest BCUT2D eigenvalue weighted by Crippen LogP contribution is 2.20. The summed E-state index contributed by atoms with van der Waals surface area (Å²) >= 11 is 0. The van der Waals surface area contributed by atoms with Crippen molar-refractivity contribution in [3.05, 3.63) is 35.6 Å². The van der Waals surface area contributed by atoms with Crippen LogP contribution in [0.1, 0.15) is 25.3 Å². The summed E-state index contributed by atoms with van der Waals surface area (Å²) in [6.07, 6.45) is 1.72. The van der Waals surface area contributed by atoms with E-state index in [1.807, 2.05) is 19.1 Å². The number of piperidine rings is 1. The van der Waals surface area contributed by atoms with Gasteiger partial charge in [0.1, 0.15) is 5.82 Å². The summed E-state index contributed by atoms with van der Waals surface area (Å²) in [6.45, 7) is 4.97. The first-order valence-corrected chi connectivity index (χ1v) is 6.94. The van der Waals surface area contributed by atoms with E-state index in [0.29, 0.717) is 13.1 Å². The molecule has 0 saturated carbocycles. The fraction of sp³-hybridized carbons (Fsp3) is 0.533. The van der Waals surface area contributed by atoms with Crippen molar-refractivity contribution in [3.63, 3.8) is 0 Å². The molecule has 1 aromatic carbocycles. The third kappa shape index (κ3) is 3.77. The highest BCUT2D eigenvalue weighted by atomic mass is 19.1. The maximum Gasteiger partial charge on any atom is 0.223 e. The zero-order chi connectivity index (χ0) is 13.7. The summed E-state index contributed by atoms with van der Waals surface area (Å²) in [7, 11) is 0. The molecule has 3 nitrogen and oxygen atoms in total. The van der Waals surface area contributed by atoms with Crippen LogP contribution in [-0.2, 0) is 11.3 Å². The molecule has 0 aliphatic carbocycles. The number of likely N-dealkylation sites (tertiary alicyclic amines) is 1. The van der Waals surface area contributed by atoms with E-state index in [1.165, 1.54) is 6.07 Å². The van der Waals surface area contributed by atoms with E-state index >= 15 is 0 Å². The average molecular weight is 264 g/mol. The van der Waals surface area contributed by atoms with Gasteiger partial charge in [-0.1, -0.05) is 18.2 Å². The lowest BCUT2D eigenvalue weighted by molar-refractivity contribution is -0.126. The lowest BCUT2D eigenvalue weighted by Gasteiger charge is -2.31. The minimum absolute atomic E-state index is 0.122. The zero-order valence-electron chi connectivity index (χ0n) is 11.4. The summed E-state index contributed by atoms with van der Waals surface area (Å²) < 4.78 is 13.6. The minimum Gasteiger partial charge on any atom is -0.356 e. The second-order valence-corrected chi connectivity index (χ2v) is 5.04. The Balaban J connectivity index is 1.84. The third-order valence-electron chi connectivity index (χ3n) is 3.66. The summed E-state index contributed by atoms with van der Waals surface area (Å²) in [6, 6.07) is 6.89. The molecule has 1 fully saturated rings. The Hall–Kier alpha value is -1.42. The number of nitrogens with one attached hydrogen (secondary N) is 1. The Morgan fingerprint density at radius 1 is 1.37 bits per heavy atom. The average Bonchev–Trinajstić information content (AvgIpc) is 2.42. The van der Waals surface area contributed by atoms with E-state index in [0.717, 1.165) is 31.5 Å². The quantitative estimate of drug-likeness (QED) is 0.904. The van der Waals surface area contributed by atoms with Crippen LogP contribution < -0.4 is 5.32 Å². The van der Waals surface area contributed by atoms with Crippen LogP contribution in [0.2, 0.25) is 0 Å². The van der Waals surface area contributed by atoms with E-state index in [-0.39, 0.29) is 17.6 Å². The van der Waals surface area contributed by atoms with E-state index in [4.69, 9.17) is 0 Å². The normalized spacial score (nSPS) is 17.4. The smallest absolute Gasteiger partial charge is 0.223 e. The standard InChI is InChI=1S/C15H21FN2O/c1-2-17-15(19)12-7-9-18(10-8-12)11-13-5-3-4-6-14(13)16/h3-6,12H,2,7-11H2,1H3,(H,17,19). The van der Waals surface area contributed by atoms with Crippen molar-refractivity contribution >= 4 is 5.91 Å². The third-order valence-corrected chi connectivity index (χ3v) is 3.66. The summed E-state index contributed by atoms with van der Waals surface area (Å²) in [5, 5.41) is 2.87. The zero-order valence-corrected chi connectivity index (χ0v) is 11.4. The molecule has 1 N–H and O–H groups in total. The van der Waals surface area contributed by atoms with Crippen LogP contribution in [0, 0.1) is 11.7 Å². The van der Waals surface area contributed by atoms with Gasteiger partial charge in [-0.05, 0) is 38.9 Å². The van der Waals surface area contributed by atoms with E-state index in [2.05, 4.69) is 10.2 Å². The van der Waals surface area contributed by atoms with Crippen LogP contribution in [0.15, 0.2) is 24.3 Å². The van der Waals surface area contributed by atoms with E-state index in [1.54, 1.807) is 6.07 Å². The molecule has 1 heterocycles. The van der Waals surface area contributed by atoms with Gasteiger partial charge in [0.25, 0.3) is 0 Å². The molecule has 0 aromatic heterocycles. The first-order chi connectivity index (χ1) is 9.20. The Kier molecular flexibility index (Phi) is 4.91. The fourth-order valence-electron chi connectivity index (χ4n) is 2.54. The maximum atomic E-state index is 13.6. The summed E-state index contributed by atoms with van der Waals surface area (Å²) in [5.41, 5.74) is 0.735. The number of carbonyl (C=O) groups excluding carboxylic acids is 1. The van der Waals surface area contributed by atoms with Crippen molar-refractivity contribution in [2.24, 2.45) is 5.92 Å². The molecular weight excluding hydrogens is 243 g/mol. The molecule has 1 amide bonds.